The summed E-state index contributed by atoms with van der Waals surface area (Å²) in [5, 5.41) is 5.75. The molecule has 4 heteroatoms. The molecular formula is C17H19BrN2O. The average molecular weight is 347 g/mol. The molecule has 2 rings (SSSR count). The van der Waals surface area contributed by atoms with Crippen LogP contribution < -0.4 is 10.6 Å². The molecule has 21 heavy (non-hydrogen) atoms. The lowest BCUT2D eigenvalue weighted by molar-refractivity contribution is 0.262. The molecule has 0 atom stereocenters. The summed E-state index contributed by atoms with van der Waals surface area (Å²) in [6, 6.07) is 15.1. The third kappa shape index (κ3) is 4.33. The predicted molar refractivity (Wildman–Crippen MR) is 91.9 cm³/mol. The van der Waals surface area contributed by atoms with Crippen LogP contribution in [-0.2, 0) is 5.41 Å². The Morgan fingerprint density at radius 1 is 1.00 bits per heavy atom. The Morgan fingerprint density at radius 3 is 2.38 bits per heavy atom. The predicted octanol–water partition coefficient (Wildman–Crippen LogP) is 5.39. The molecule has 0 radical (unpaired) electrons. The fraction of sp³-hybridized carbons (Fsp3) is 0.235. The second-order valence-electron chi connectivity index (χ2n) is 5.89. The SMILES string of the molecule is CC(C)(C)c1ccccc1NC(=O)Nc1cccc(Br)c1. The molecule has 2 aromatic carbocycles. The zero-order chi connectivity index (χ0) is 15.5. The molecule has 0 fully saturated rings. The molecule has 0 saturated heterocycles. The van der Waals surface area contributed by atoms with Gasteiger partial charge in [-0.25, -0.2) is 4.79 Å². The van der Waals surface area contributed by atoms with Gasteiger partial charge in [0, 0.05) is 15.8 Å². The van der Waals surface area contributed by atoms with Crippen LogP contribution in [0.4, 0.5) is 16.2 Å². The van der Waals surface area contributed by atoms with Gasteiger partial charge in [-0.3, -0.25) is 0 Å². The zero-order valence-corrected chi connectivity index (χ0v) is 14.0. The Bertz CT molecular complexity index is 647. The molecule has 0 aliphatic carbocycles. The second-order valence-corrected chi connectivity index (χ2v) is 6.80. The van der Waals surface area contributed by atoms with E-state index in [4.69, 9.17) is 0 Å². The van der Waals surface area contributed by atoms with E-state index in [0.717, 1.165) is 21.4 Å². The summed E-state index contributed by atoms with van der Waals surface area (Å²) in [6.07, 6.45) is 0. The van der Waals surface area contributed by atoms with Gasteiger partial charge in [0.1, 0.15) is 0 Å². The molecule has 0 aliphatic rings. The normalized spacial score (nSPS) is 11.0. The number of amides is 2. The van der Waals surface area contributed by atoms with Crippen molar-refractivity contribution in [2.24, 2.45) is 0 Å². The number of benzene rings is 2. The van der Waals surface area contributed by atoms with Gasteiger partial charge in [-0.05, 0) is 35.2 Å². The van der Waals surface area contributed by atoms with Crippen LogP contribution in [0.25, 0.3) is 0 Å². The van der Waals surface area contributed by atoms with Gasteiger partial charge in [0.15, 0.2) is 0 Å². The van der Waals surface area contributed by atoms with Crippen molar-refractivity contribution in [2.45, 2.75) is 26.2 Å². The van der Waals surface area contributed by atoms with Crippen molar-refractivity contribution in [3.05, 3.63) is 58.6 Å². The largest absolute Gasteiger partial charge is 0.323 e. The van der Waals surface area contributed by atoms with E-state index in [0.29, 0.717) is 0 Å². The van der Waals surface area contributed by atoms with E-state index in [1.54, 1.807) is 0 Å². The lowest BCUT2D eigenvalue weighted by Gasteiger charge is -2.23. The fourth-order valence-corrected chi connectivity index (χ4v) is 2.50. The number of para-hydroxylation sites is 1. The molecule has 0 aromatic heterocycles. The first kappa shape index (κ1) is 15.6. The van der Waals surface area contributed by atoms with Crippen LogP contribution in [0.15, 0.2) is 53.0 Å². The van der Waals surface area contributed by atoms with Crippen molar-refractivity contribution in [1.82, 2.24) is 0 Å². The summed E-state index contributed by atoms with van der Waals surface area (Å²) in [7, 11) is 0. The van der Waals surface area contributed by atoms with E-state index >= 15 is 0 Å². The highest BCUT2D eigenvalue weighted by molar-refractivity contribution is 9.10. The summed E-state index contributed by atoms with van der Waals surface area (Å²) < 4.78 is 0.926. The highest BCUT2D eigenvalue weighted by Crippen LogP contribution is 2.29. The van der Waals surface area contributed by atoms with Crippen LogP contribution in [0, 0.1) is 0 Å². The summed E-state index contributed by atoms with van der Waals surface area (Å²) in [5.41, 5.74) is 2.65. The number of carbonyl (C=O) groups is 1. The van der Waals surface area contributed by atoms with Gasteiger partial charge < -0.3 is 10.6 Å². The molecule has 0 bridgehead atoms. The lowest BCUT2D eigenvalue weighted by atomic mass is 9.86. The molecule has 2 aromatic rings. The minimum Gasteiger partial charge on any atom is -0.308 e. The number of urea groups is 1. The smallest absolute Gasteiger partial charge is 0.308 e. The zero-order valence-electron chi connectivity index (χ0n) is 12.4. The van der Waals surface area contributed by atoms with E-state index in [2.05, 4.69) is 47.3 Å². The quantitative estimate of drug-likeness (QED) is 0.751. The van der Waals surface area contributed by atoms with Crippen molar-refractivity contribution in [1.29, 1.82) is 0 Å². The van der Waals surface area contributed by atoms with Gasteiger partial charge in [0.25, 0.3) is 0 Å². The van der Waals surface area contributed by atoms with Crippen LogP contribution in [0.3, 0.4) is 0 Å². The summed E-state index contributed by atoms with van der Waals surface area (Å²) in [6.45, 7) is 6.37. The molecule has 2 N–H and O–H groups in total. The highest BCUT2D eigenvalue weighted by atomic mass is 79.9. The number of anilines is 2. The Balaban J connectivity index is 2.14. The number of hydrogen-bond donors (Lipinski definition) is 2. The van der Waals surface area contributed by atoms with E-state index in [-0.39, 0.29) is 11.4 Å². The van der Waals surface area contributed by atoms with Crippen LogP contribution in [0.5, 0.6) is 0 Å². The summed E-state index contributed by atoms with van der Waals surface area (Å²) >= 11 is 3.38. The van der Waals surface area contributed by atoms with Gasteiger partial charge in [-0.15, -0.1) is 0 Å². The maximum absolute atomic E-state index is 12.1. The van der Waals surface area contributed by atoms with E-state index in [1.165, 1.54) is 0 Å². The van der Waals surface area contributed by atoms with Crippen molar-refractivity contribution >= 4 is 33.3 Å². The van der Waals surface area contributed by atoms with Gasteiger partial charge in [0.05, 0.1) is 0 Å². The Hall–Kier alpha value is -1.81. The minimum absolute atomic E-state index is 0.0281. The lowest BCUT2D eigenvalue weighted by Crippen LogP contribution is -2.22. The first-order chi connectivity index (χ1) is 9.86. The average Bonchev–Trinajstić information content (AvgIpc) is 2.37. The second kappa shape index (κ2) is 6.31. The van der Waals surface area contributed by atoms with Gasteiger partial charge in [0.2, 0.25) is 0 Å². The van der Waals surface area contributed by atoms with Crippen LogP contribution >= 0.6 is 15.9 Å². The standard InChI is InChI=1S/C17H19BrN2O/c1-17(2,3)14-9-4-5-10-15(14)20-16(21)19-13-8-6-7-12(18)11-13/h4-11H,1-3H3,(H2,19,20,21). The van der Waals surface area contributed by atoms with E-state index in [1.807, 2.05) is 48.5 Å². The van der Waals surface area contributed by atoms with Gasteiger partial charge >= 0.3 is 6.03 Å². The van der Waals surface area contributed by atoms with E-state index in [9.17, 15) is 4.79 Å². The number of halogens is 1. The Labute approximate surface area is 133 Å². The summed E-state index contributed by atoms with van der Waals surface area (Å²) in [4.78, 5) is 12.1. The van der Waals surface area contributed by atoms with Crippen molar-refractivity contribution in [3.63, 3.8) is 0 Å². The van der Waals surface area contributed by atoms with Crippen molar-refractivity contribution < 1.29 is 4.79 Å². The van der Waals surface area contributed by atoms with Crippen molar-refractivity contribution in [3.8, 4) is 0 Å². The van der Waals surface area contributed by atoms with Gasteiger partial charge in [-0.1, -0.05) is 61.0 Å². The molecule has 2 amide bonds. The number of hydrogen-bond acceptors (Lipinski definition) is 1. The third-order valence-electron chi connectivity index (χ3n) is 3.07. The molecule has 0 heterocycles. The molecule has 0 aliphatic heterocycles. The molecular weight excluding hydrogens is 328 g/mol. The van der Waals surface area contributed by atoms with Crippen LogP contribution in [0.2, 0.25) is 0 Å². The Morgan fingerprint density at radius 2 is 1.71 bits per heavy atom. The van der Waals surface area contributed by atoms with Crippen molar-refractivity contribution in [2.75, 3.05) is 10.6 Å². The molecule has 0 saturated carbocycles. The molecule has 110 valence electrons. The minimum atomic E-state index is -0.246. The molecule has 0 unspecified atom stereocenters. The molecule has 3 nitrogen and oxygen atoms in total. The Kier molecular flexibility index (Phi) is 4.68. The van der Waals surface area contributed by atoms with Crippen LogP contribution in [-0.4, -0.2) is 6.03 Å². The monoisotopic (exact) mass is 346 g/mol. The molecule has 0 spiro atoms. The number of carbonyl (C=O) groups excluding carboxylic acids is 1. The van der Waals surface area contributed by atoms with Crippen LogP contribution in [0.1, 0.15) is 26.3 Å². The third-order valence-corrected chi connectivity index (χ3v) is 3.56. The maximum atomic E-state index is 12.1. The summed E-state index contributed by atoms with van der Waals surface area (Å²) in [5.74, 6) is 0. The first-order valence-corrected chi connectivity index (χ1v) is 7.58. The van der Waals surface area contributed by atoms with Gasteiger partial charge in [-0.2, -0.15) is 0 Å². The number of nitrogens with one attached hydrogen (secondary N) is 2. The highest BCUT2D eigenvalue weighted by Gasteiger charge is 2.18. The topological polar surface area (TPSA) is 41.1 Å². The number of rotatable bonds is 2. The first-order valence-electron chi connectivity index (χ1n) is 6.79. The maximum Gasteiger partial charge on any atom is 0.323 e. The van der Waals surface area contributed by atoms with E-state index < -0.39 is 0 Å². The fourth-order valence-electron chi connectivity index (χ4n) is 2.10.